The number of nitrogens with zero attached hydrogens (tertiary/aromatic N) is 1. The first-order valence-electron chi connectivity index (χ1n) is 7.51. The van der Waals surface area contributed by atoms with Gasteiger partial charge >= 0.3 is 5.63 Å². The largest absolute Gasteiger partial charge is 0.496 e. The lowest BCUT2D eigenvalue weighted by atomic mass is 10.0. The lowest BCUT2D eigenvalue weighted by Gasteiger charge is -2.10. The number of fused-ring (bicyclic) bond motifs is 1. The molecule has 2 aromatic heterocycles. The van der Waals surface area contributed by atoms with Crippen molar-refractivity contribution in [1.29, 1.82) is 0 Å². The molecular formula is C18H19NO4. The van der Waals surface area contributed by atoms with Crippen molar-refractivity contribution in [3.8, 4) is 17.1 Å². The van der Waals surface area contributed by atoms with Gasteiger partial charge in [-0.25, -0.2) is 4.79 Å². The summed E-state index contributed by atoms with van der Waals surface area (Å²) in [5.74, 6) is 1.54. The zero-order chi connectivity index (χ0) is 16.7. The van der Waals surface area contributed by atoms with E-state index in [1.54, 1.807) is 20.1 Å². The molecule has 3 aromatic rings. The highest BCUT2D eigenvalue weighted by Gasteiger charge is 2.17. The first-order valence-corrected chi connectivity index (χ1v) is 7.51. The van der Waals surface area contributed by atoms with Gasteiger partial charge in [-0.3, -0.25) is 0 Å². The molecule has 0 saturated carbocycles. The Labute approximate surface area is 133 Å². The molecule has 0 amide bonds. The maximum atomic E-state index is 12.0. The van der Waals surface area contributed by atoms with E-state index in [9.17, 15) is 4.79 Å². The van der Waals surface area contributed by atoms with Gasteiger partial charge < -0.3 is 13.7 Å². The summed E-state index contributed by atoms with van der Waals surface area (Å²) in [4.78, 5) is 12.0. The molecule has 0 aliphatic heterocycles. The predicted molar refractivity (Wildman–Crippen MR) is 88.1 cm³/mol. The van der Waals surface area contributed by atoms with E-state index >= 15 is 0 Å². The van der Waals surface area contributed by atoms with Crippen molar-refractivity contribution in [2.75, 3.05) is 7.11 Å². The van der Waals surface area contributed by atoms with Crippen LogP contribution in [0, 0.1) is 13.8 Å². The minimum Gasteiger partial charge on any atom is -0.496 e. The lowest BCUT2D eigenvalue weighted by molar-refractivity contribution is 0.413. The summed E-state index contributed by atoms with van der Waals surface area (Å²) in [7, 11) is 1.60. The van der Waals surface area contributed by atoms with E-state index in [1.807, 2.05) is 32.9 Å². The number of hydrogen-bond donors (Lipinski definition) is 0. The minimum atomic E-state index is -0.338. The molecular weight excluding hydrogens is 294 g/mol. The summed E-state index contributed by atoms with van der Waals surface area (Å²) >= 11 is 0. The van der Waals surface area contributed by atoms with E-state index in [2.05, 4.69) is 5.16 Å². The van der Waals surface area contributed by atoms with Gasteiger partial charge in [-0.15, -0.1) is 0 Å². The second-order valence-electron chi connectivity index (χ2n) is 5.96. The average Bonchev–Trinajstić information content (AvgIpc) is 3.01. The van der Waals surface area contributed by atoms with Crippen LogP contribution in [0.5, 0.6) is 5.75 Å². The third kappa shape index (κ3) is 2.52. The summed E-state index contributed by atoms with van der Waals surface area (Å²) in [5, 5.41) is 4.87. The molecule has 23 heavy (non-hydrogen) atoms. The fraction of sp³-hybridized carbons (Fsp3) is 0.333. The zero-order valence-corrected chi connectivity index (χ0v) is 13.9. The van der Waals surface area contributed by atoms with Crippen LogP contribution in [0.1, 0.15) is 36.6 Å². The minimum absolute atomic E-state index is 0.276. The highest BCUT2D eigenvalue weighted by Crippen LogP contribution is 2.35. The van der Waals surface area contributed by atoms with Crippen molar-refractivity contribution in [2.45, 2.75) is 33.6 Å². The second-order valence-corrected chi connectivity index (χ2v) is 5.96. The number of aryl methyl sites for hydroxylation is 1. The second kappa shape index (κ2) is 5.57. The van der Waals surface area contributed by atoms with Crippen molar-refractivity contribution in [3.05, 3.63) is 45.4 Å². The molecule has 0 fully saturated rings. The summed E-state index contributed by atoms with van der Waals surface area (Å²) in [6.07, 6.45) is 0. The molecule has 0 atom stereocenters. The normalized spacial score (nSPS) is 11.4. The van der Waals surface area contributed by atoms with Gasteiger partial charge in [0.05, 0.1) is 18.2 Å². The number of benzene rings is 1. The molecule has 1 aromatic carbocycles. The smallest absolute Gasteiger partial charge is 0.339 e. The quantitative estimate of drug-likeness (QED) is 0.678. The summed E-state index contributed by atoms with van der Waals surface area (Å²) in [6, 6.07) is 5.56. The maximum absolute atomic E-state index is 12.0. The van der Waals surface area contributed by atoms with Crippen LogP contribution in [0.15, 0.2) is 31.9 Å². The molecule has 0 aliphatic rings. The van der Waals surface area contributed by atoms with E-state index in [0.29, 0.717) is 22.7 Å². The third-order valence-electron chi connectivity index (χ3n) is 4.14. The standard InChI is InChI=1S/C18H19NO4/c1-9(2)13-8-14(23-19-13)12-6-15(21-5)17-10(3)11(4)18(20)22-16(17)7-12/h6-9H,1-5H3. The molecule has 5 nitrogen and oxygen atoms in total. The number of ether oxygens (including phenoxy) is 1. The van der Waals surface area contributed by atoms with Gasteiger partial charge in [0.2, 0.25) is 0 Å². The Morgan fingerprint density at radius 3 is 2.48 bits per heavy atom. The van der Waals surface area contributed by atoms with Gasteiger partial charge in [-0.1, -0.05) is 19.0 Å². The molecule has 0 spiro atoms. The van der Waals surface area contributed by atoms with E-state index in [1.165, 1.54) is 0 Å². The van der Waals surface area contributed by atoms with Gasteiger partial charge in [-0.2, -0.15) is 0 Å². The van der Waals surface area contributed by atoms with E-state index in [4.69, 9.17) is 13.7 Å². The topological polar surface area (TPSA) is 65.5 Å². The van der Waals surface area contributed by atoms with Crippen molar-refractivity contribution in [2.24, 2.45) is 0 Å². The Balaban J connectivity index is 2.27. The van der Waals surface area contributed by atoms with Crippen LogP contribution in [0.2, 0.25) is 0 Å². The molecule has 3 rings (SSSR count). The molecule has 0 radical (unpaired) electrons. The van der Waals surface area contributed by atoms with Crippen LogP contribution < -0.4 is 10.4 Å². The summed E-state index contributed by atoms with van der Waals surface area (Å²) in [6.45, 7) is 7.74. The number of hydrogen-bond acceptors (Lipinski definition) is 5. The predicted octanol–water partition coefficient (Wildman–Crippen LogP) is 4.20. The van der Waals surface area contributed by atoms with Crippen molar-refractivity contribution in [3.63, 3.8) is 0 Å². The van der Waals surface area contributed by atoms with E-state index < -0.39 is 0 Å². The Morgan fingerprint density at radius 2 is 1.87 bits per heavy atom. The van der Waals surface area contributed by atoms with E-state index in [-0.39, 0.29) is 11.5 Å². The van der Waals surface area contributed by atoms with Crippen LogP contribution in [0.4, 0.5) is 0 Å². The van der Waals surface area contributed by atoms with Crippen molar-refractivity contribution >= 4 is 11.0 Å². The van der Waals surface area contributed by atoms with Gasteiger partial charge in [0.25, 0.3) is 0 Å². The maximum Gasteiger partial charge on any atom is 0.339 e. The molecule has 0 unspecified atom stereocenters. The van der Waals surface area contributed by atoms with Gasteiger partial charge in [0.15, 0.2) is 5.76 Å². The molecule has 0 bridgehead atoms. The van der Waals surface area contributed by atoms with Crippen LogP contribution in [-0.4, -0.2) is 12.3 Å². The van der Waals surface area contributed by atoms with Crippen LogP contribution in [0.25, 0.3) is 22.3 Å². The highest BCUT2D eigenvalue weighted by atomic mass is 16.5. The SMILES string of the molecule is COc1cc(-c2cc(C(C)C)no2)cc2oc(=O)c(C)c(C)c12. The van der Waals surface area contributed by atoms with E-state index in [0.717, 1.165) is 22.2 Å². The molecule has 2 heterocycles. The fourth-order valence-electron chi connectivity index (χ4n) is 2.56. The molecule has 5 heteroatoms. The molecule has 0 N–H and O–H groups in total. The Kier molecular flexibility index (Phi) is 3.72. The third-order valence-corrected chi connectivity index (χ3v) is 4.14. The monoisotopic (exact) mass is 313 g/mol. The zero-order valence-electron chi connectivity index (χ0n) is 13.9. The number of methoxy groups -OCH3 is 1. The van der Waals surface area contributed by atoms with Crippen molar-refractivity contribution < 1.29 is 13.7 Å². The van der Waals surface area contributed by atoms with Gasteiger partial charge in [-0.05, 0) is 37.5 Å². The van der Waals surface area contributed by atoms with Crippen LogP contribution >= 0.6 is 0 Å². The number of aromatic nitrogens is 1. The average molecular weight is 313 g/mol. The first kappa shape index (κ1) is 15.3. The summed E-state index contributed by atoms with van der Waals surface area (Å²) < 4.78 is 16.3. The Hall–Kier alpha value is -2.56. The Bertz CT molecular complexity index is 934. The summed E-state index contributed by atoms with van der Waals surface area (Å²) in [5.41, 5.74) is 3.23. The number of rotatable bonds is 3. The fourth-order valence-corrected chi connectivity index (χ4v) is 2.56. The Morgan fingerprint density at radius 1 is 1.13 bits per heavy atom. The molecule has 120 valence electrons. The lowest BCUT2D eigenvalue weighted by Crippen LogP contribution is -2.06. The van der Waals surface area contributed by atoms with Crippen molar-refractivity contribution in [1.82, 2.24) is 5.16 Å². The van der Waals surface area contributed by atoms with Crippen LogP contribution in [0.3, 0.4) is 0 Å². The molecule has 0 aliphatic carbocycles. The first-order chi connectivity index (χ1) is 10.9. The molecule has 0 saturated heterocycles. The van der Waals surface area contributed by atoms with Gasteiger partial charge in [0.1, 0.15) is 11.3 Å². The van der Waals surface area contributed by atoms with Crippen LogP contribution in [-0.2, 0) is 0 Å². The highest BCUT2D eigenvalue weighted by molar-refractivity contribution is 5.91. The van der Waals surface area contributed by atoms with Gasteiger partial charge in [0, 0.05) is 17.2 Å².